The van der Waals surface area contributed by atoms with Crippen molar-refractivity contribution in [3.05, 3.63) is 59.4 Å². The summed E-state index contributed by atoms with van der Waals surface area (Å²) >= 11 is 5.79. The van der Waals surface area contributed by atoms with E-state index in [0.29, 0.717) is 6.61 Å². The monoisotopic (exact) mass is 247 g/mol. The fourth-order valence-corrected chi connectivity index (χ4v) is 1.67. The van der Waals surface area contributed by atoms with Gasteiger partial charge in [0.2, 0.25) is 0 Å². The molecule has 0 bridgehead atoms. The zero-order chi connectivity index (χ0) is 11.9. The zero-order valence-corrected chi connectivity index (χ0v) is 10.2. The molecular formula is C14H14ClNO. The van der Waals surface area contributed by atoms with Gasteiger partial charge in [-0.3, -0.25) is 4.98 Å². The van der Waals surface area contributed by atoms with Crippen molar-refractivity contribution < 1.29 is 4.74 Å². The third-order valence-corrected chi connectivity index (χ3v) is 2.69. The first kappa shape index (κ1) is 11.9. The van der Waals surface area contributed by atoms with E-state index in [4.69, 9.17) is 16.3 Å². The van der Waals surface area contributed by atoms with Gasteiger partial charge in [-0.1, -0.05) is 11.6 Å². The van der Waals surface area contributed by atoms with Crippen LogP contribution in [0, 0.1) is 0 Å². The molecule has 0 atom stereocenters. The minimum absolute atomic E-state index is 0.712. The SMILES string of the molecule is Clc1ccc(OCCCc2ccncc2)cc1. The summed E-state index contributed by atoms with van der Waals surface area (Å²) in [5, 5.41) is 0.731. The quantitative estimate of drug-likeness (QED) is 0.751. The largest absolute Gasteiger partial charge is 0.494 e. The molecule has 0 unspecified atom stereocenters. The lowest BCUT2D eigenvalue weighted by Gasteiger charge is -2.06. The normalized spacial score (nSPS) is 10.2. The summed E-state index contributed by atoms with van der Waals surface area (Å²) < 4.78 is 5.61. The van der Waals surface area contributed by atoms with E-state index in [-0.39, 0.29) is 0 Å². The molecule has 1 aromatic carbocycles. The maximum atomic E-state index is 5.79. The van der Waals surface area contributed by atoms with Crippen LogP contribution in [0.3, 0.4) is 0 Å². The van der Waals surface area contributed by atoms with E-state index in [2.05, 4.69) is 4.98 Å². The molecule has 0 saturated heterocycles. The minimum atomic E-state index is 0.712. The van der Waals surface area contributed by atoms with Crippen LogP contribution in [-0.2, 0) is 6.42 Å². The molecule has 1 heterocycles. The minimum Gasteiger partial charge on any atom is -0.494 e. The van der Waals surface area contributed by atoms with Crippen LogP contribution < -0.4 is 4.74 Å². The average molecular weight is 248 g/mol. The first-order chi connectivity index (χ1) is 8.34. The van der Waals surface area contributed by atoms with Crippen LogP contribution in [0.15, 0.2) is 48.8 Å². The molecule has 0 fully saturated rings. The molecule has 0 N–H and O–H groups in total. The van der Waals surface area contributed by atoms with Gasteiger partial charge >= 0.3 is 0 Å². The van der Waals surface area contributed by atoms with E-state index < -0.39 is 0 Å². The Morgan fingerprint density at radius 1 is 1.00 bits per heavy atom. The van der Waals surface area contributed by atoms with E-state index in [1.165, 1.54) is 5.56 Å². The summed E-state index contributed by atoms with van der Waals surface area (Å²) in [6.45, 7) is 0.712. The molecule has 0 spiro atoms. The van der Waals surface area contributed by atoms with Crippen LogP contribution in [0.5, 0.6) is 5.75 Å². The molecule has 0 radical (unpaired) electrons. The number of rotatable bonds is 5. The Balaban J connectivity index is 1.71. The molecule has 0 amide bonds. The second kappa shape index (κ2) is 6.26. The van der Waals surface area contributed by atoms with Gasteiger partial charge in [0.05, 0.1) is 6.61 Å². The predicted octanol–water partition coefficient (Wildman–Crippen LogP) is 3.75. The summed E-state index contributed by atoms with van der Waals surface area (Å²) in [6, 6.07) is 11.5. The van der Waals surface area contributed by atoms with Crippen molar-refractivity contribution in [2.24, 2.45) is 0 Å². The van der Waals surface area contributed by atoms with Crippen molar-refractivity contribution in [2.75, 3.05) is 6.61 Å². The number of nitrogens with zero attached hydrogens (tertiary/aromatic N) is 1. The first-order valence-corrected chi connectivity index (χ1v) is 6.00. The topological polar surface area (TPSA) is 22.1 Å². The Morgan fingerprint density at radius 3 is 2.41 bits per heavy atom. The smallest absolute Gasteiger partial charge is 0.119 e. The van der Waals surface area contributed by atoms with Gasteiger partial charge in [-0.15, -0.1) is 0 Å². The lowest BCUT2D eigenvalue weighted by Crippen LogP contribution is -1.99. The Bertz CT molecular complexity index is 442. The van der Waals surface area contributed by atoms with Crippen LogP contribution in [0.25, 0.3) is 0 Å². The number of hydrogen-bond donors (Lipinski definition) is 0. The number of benzene rings is 1. The maximum Gasteiger partial charge on any atom is 0.119 e. The number of ether oxygens (including phenoxy) is 1. The van der Waals surface area contributed by atoms with Crippen LogP contribution in [0.4, 0.5) is 0 Å². The number of pyridine rings is 1. The van der Waals surface area contributed by atoms with Gasteiger partial charge in [-0.2, -0.15) is 0 Å². The molecule has 2 nitrogen and oxygen atoms in total. The van der Waals surface area contributed by atoms with Gasteiger partial charge < -0.3 is 4.74 Å². The van der Waals surface area contributed by atoms with E-state index >= 15 is 0 Å². The summed E-state index contributed by atoms with van der Waals surface area (Å²) in [5.41, 5.74) is 1.29. The van der Waals surface area contributed by atoms with Crippen LogP contribution in [-0.4, -0.2) is 11.6 Å². The fraction of sp³-hybridized carbons (Fsp3) is 0.214. The van der Waals surface area contributed by atoms with Gasteiger partial charge in [0.15, 0.2) is 0 Å². The first-order valence-electron chi connectivity index (χ1n) is 5.62. The second-order valence-corrected chi connectivity index (χ2v) is 4.20. The Kier molecular flexibility index (Phi) is 4.39. The fourth-order valence-electron chi connectivity index (χ4n) is 1.55. The molecule has 0 aliphatic carbocycles. The van der Waals surface area contributed by atoms with Crippen molar-refractivity contribution in [1.29, 1.82) is 0 Å². The highest BCUT2D eigenvalue weighted by Crippen LogP contribution is 2.15. The predicted molar refractivity (Wildman–Crippen MR) is 69.5 cm³/mol. The molecule has 3 heteroatoms. The van der Waals surface area contributed by atoms with Gasteiger partial charge in [0, 0.05) is 17.4 Å². The number of aromatic nitrogens is 1. The lowest BCUT2D eigenvalue weighted by molar-refractivity contribution is 0.311. The van der Waals surface area contributed by atoms with Crippen molar-refractivity contribution in [3.8, 4) is 5.75 Å². The Labute approximate surface area is 106 Å². The molecule has 88 valence electrons. The zero-order valence-electron chi connectivity index (χ0n) is 9.47. The molecular weight excluding hydrogens is 234 g/mol. The maximum absolute atomic E-state index is 5.79. The summed E-state index contributed by atoms with van der Waals surface area (Å²) in [6.07, 6.45) is 5.63. The van der Waals surface area contributed by atoms with E-state index in [1.807, 2.05) is 48.8 Å². The molecule has 2 aromatic rings. The molecule has 17 heavy (non-hydrogen) atoms. The van der Waals surface area contributed by atoms with Gasteiger partial charge in [-0.25, -0.2) is 0 Å². The standard InChI is InChI=1S/C14H14ClNO/c15-13-3-5-14(6-4-13)17-11-1-2-12-7-9-16-10-8-12/h3-10H,1-2,11H2. The molecule has 1 aromatic heterocycles. The summed E-state index contributed by atoms with van der Waals surface area (Å²) in [5.74, 6) is 0.865. The summed E-state index contributed by atoms with van der Waals surface area (Å²) in [7, 11) is 0. The summed E-state index contributed by atoms with van der Waals surface area (Å²) in [4.78, 5) is 3.99. The van der Waals surface area contributed by atoms with Crippen LogP contribution in [0.1, 0.15) is 12.0 Å². The van der Waals surface area contributed by atoms with Gasteiger partial charge in [-0.05, 0) is 54.8 Å². The average Bonchev–Trinajstić information content (AvgIpc) is 2.38. The van der Waals surface area contributed by atoms with Crippen molar-refractivity contribution >= 4 is 11.6 Å². The highest BCUT2D eigenvalue weighted by atomic mass is 35.5. The number of aryl methyl sites for hydroxylation is 1. The van der Waals surface area contributed by atoms with Crippen molar-refractivity contribution in [3.63, 3.8) is 0 Å². The van der Waals surface area contributed by atoms with Crippen LogP contribution in [0.2, 0.25) is 5.02 Å². The molecule has 0 saturated carbocycles. The van der Waals surface area contributed by atoms with Gasteiger partial charge in [0.1, 0.15) is 5.75 Å². The molecule has 0 aliphatic rings. The van der Waals surface area contributed by atoms with E-state index in [1.54, 1.807) is 0 Å². The number of hydrogen-bond acceptors (Lipinski definition) is 2. The van der Waals surface area contributed by atoms with Crippen molar-refractivity contribution in [1.82, 2.24) is 4.98 Å². The van der Waals surface area contributed by atoms with Crippen molar-refractivity contribution in [2.45, 2.75) is 12.8 Å². The highest BCUT2D eigenvalue weighted by molar-refractivity contribution is 6.30. The third kappa shape index (κ3) is 4.08. The highest BCUT2D eigenvalue weighted by Gasteiger charge is 1.95. The number of halogens is 1. The second-order valence-electron chi connectivity index (χ2n) is 3.76. The van der Waals surface area contributed by atoms with Gasteiger partial charge in [0.25, 0.3) is 0 Å². The molecule has 0 aliphatic heterocycles. The van der Waals surface area contributed by atoms with E-state index in [0.717, 1.165) is 23.6 Å². The van der Waals surface area contributed by atoms with E-state index in [9.17, 15) is 0 Å². The Hall–Kier alpha value is -1.54. The lowest BCUT2D eigenvalue weighted by atomic mass is 10.1. The third-order valence-electron chi connectivity index (χ3n) is 2.44. The molecule has 2 rings (SSSR count). The Morgan fingerprint density at radius 2 is 1.71 bits per heavy atom. The van der Waals surface area contributed by atoms with Crippen LogP contribution >= 0.6 is 11.6 Å².